The van der Waals surface area contributed by atoms with Gasteiger partial charge >= 0.3 is 0 Å². The number of methoxy groups -OCH3 is 1. The average molecular weight is 451 g/mol. The van der Waals surface area contributed by atoms with Crippen LogP contribution in [0.4, 0.5) is 0 Å². The number of hydrogen-bond acceptors (Lipinski definition) is 3. The lowest BCUT2D eigenvalue weighted by atomic mass is 10.1. The van der Waals surface area contributed by atoms with Crippen LogP contribution in [0.2, 0.25) is 10.0 Å². The highest BCUT2D eigenvalue weighted by Gasteiger charge is 2.27. The lowest BCUT2D eigenvalue weighted by Crippen LogP contribution is -2.49. The number of carbonyl (C=O) groups is 2. The molecule has 0 heterocycles. The Balaban J connectivity index is 2.28. The van der Waals surface area contributed by atoms with Crippen LogP contribution >= 0.6 is 23.2 Å². The standard InChI is InChI=1S/C23H28Cl2N2O3/c1-5-15(2)26-23(29)16(3)27(14-17-9-11-18(30-4)12-10-17)22(28)13-19-20(24)7-6-8-21(19)25/h6-12,15-16H,5,13-14H2,1-4H3,(H,26,29)/t15-,16+/m0/s1. The van der Waals surface area contributed by atoms with Crippen molar-refractivity contribution in [3.05, 3.63) is 63.6 Å². The van der Waals surface area contributed by atoms with Crippen molar-refractivity contribution in [1.82, 2.24) is 10.2 Å². The minimum absolute atomic E-state index is 0.00954. The minimum Gasteiger partial charge on any atom is -0.497 e. The van der Waals surface area contributed by atoms with Gasteiger partial charge < -0.3 is 15.0 Å². The van der Waals surface area contributed by atoms with E-state index < -0.39 is 6.04 Å². The van der Waals surface area contributed by atoms with Crippen LogP contribution in [0.3, 0.4) is 0 Å². The Kier molecular flexibility index (Phi) is 9.00. The van der Waals surface area contributed by atoms with Crippen molar-refractivity contribution < 1.29 is 14.3 Å². The van der Waals surface area contributed by atoms with Gasteiger partial charge in [-0.1, -0.05) is 48.3 Å². The normalized spacial score (nSPS) is 12.7. The van der Waals surface area contributed by atoms with Crippen molar-refractivity contribution in [3.8, 4) is 5.75 Å². The number of nitrogens with zero attached hydrogens (tertiary/aromatic N) is 1. The molecule has 2 rings (SSSR count). The third-order valence-corrected chi connectivity index (χ3v) is 5.78. The second-order valence-electron chi connectivity index (χ2n) is 7.24. The molecule has 30 heavy (non-hydrogen) atoms. The van der Waals surface area contributed by atoms with Crippen LogP contribution in [0.1, 0.15) is 38.3 Å². The molecule has 2 aromatic rings. The van der Waals surface area contributed by atoms with E-state index in [0.29, 0.717) is 15.6 Å². The highest BCUT2D eigenvalue weighted by molar-refractivity contribution is 6.36. The fraction of sp³-hybridized carbons (Fsp3) is 0.391. The number of hydrogen-bond donors (Lipinski definition) is 1. The fourth-order valence-corrected chi connectivity index (χ4v) is 3.46. The van der Waals surface area contributed by atoms with Gasteiger partial charge in [-0.25, -0.2) is 0 Å². The average Bonchev–Trinajstić information content (AvgIpc) is 2.74. The van der Waals surface area contributed by atoms with Crippen LogP contribution in [0, 0.1) is 0 Å². The van der Waals surface area contributed by atoms with Crippen LogP contribution < -0.4 is 10.1 Å². The number of nitrogens with one attached hydrogen (secondary N) is 1. The van der Waals surface area contributed by atoms with E-state index >= 15 is 0 Å². The van der Waals surface area contributed by atoms with Gasteiger partial charge in [0.25, 0.3) is 0 Å². The summed E-state index contributed by atoms with van der Waals surface area (Å²) in [5.41, 5.74) is 1.44. The Morgan fingerprint density at radius 3 is 2.20 bits per heavy atom. The smallest absolute Gasteiger partial charge is 0.242 e. The molecule has 0 saturated carbocycles. The Morgan fingerprint density at radius 2 is 1.67 bits per heavy atom. The maximum absolute atomic E-state index is 13.2. The highest BCUT2D eigenvalue weighted by Crippen LogP contribution is 2.26. The predicted octanol–water partition coefficient (Wildman–Crippen LogP) is 4.88. The van der Waals surface area contributed by atoms with Gasteiger partial charge in [-0.3, -0.25) is 9.59 Å². The summed E-state index contributed by atoms with van der Waals surface area (Å²) in [6.45, 7) is 5.94. The highest BCUT2D eigenvalue weighted by atomic mass is 35.5. The van der Waals surface area contributed by atoms with Gasteiger partial charge in [0.15, 0.2) is 0 Å². The number of amides is 2. The first-order chi connectivity index (χ1) is 14.3. The second-order valence-corrected chi connectivity index (χ2v) is 8.05. The summed E-state index contributed by atoms with van der Waals surface area (Å²) in [6.07, 6.45) is 0.815. The predicted molar refractivity (Wildman–Crippen MR) is 121 cm³/mol. The van der Waals surface area contributed by atoms with E-state index in [0.717, 1.165) is 17.7 Å². The zero-order valence-electron chi connectivity index (χ0n) is 17.7. The Morgan fingerprint density at radius 1 is 1.07 bits per heavy atom. The molecule has 0 aliphatic heterocycles. The molecule has 0 unspecified atom stereocenters. The van der Waals surface area contributed by atoms with Crippen LogP contribution in [0.15, 0.2) is 42.5 Å². The number of carbonyl (C=O) groups excluding carboxylic acids is 2. The lowest BCUT2D eigenvalue weighted by Gasteiger charge is -2.30. The first-order valence-corrected chi connectivity index (χ1v) is 10.7. The second kappa shape index (κ2) is 11.2. The molecule has 162 valence electrons. The summed E-state index contributed by atoms with van der Waals surface area (Å²) in [5, 5.41) is 3.81. The molecule has 0 aromatic heterocycles. The van der Waals surface area contributed by atoms with E-state index in [1.165, 1.54) is 0 Å². The van der Waals surface area contributed by atoms with Gasteiger partial charge in [0, 0.05) is 22.6 Å². The SMILES string of the molecule is CC[C@H](C)NC(=O)[C@@H](C)N(Cc1ccc(OC)cc1)C(=O)Cc1c(Cl)cccc1Cl. The summed E-state index contributed by atoms with van der Waals surface area (Å²) in [7, 11) is 1.60. The van der Waals surface area contributed by atoms with E-state index in [4.69, 9.17) is 27.9 Å². The van der Waals surface area contributed by atoms with Gasteiger partial charge in [0.2, 0.25) is 11.8 Å². The summed E-state index contributed by atoms with van der Waals surface area (Å²) >= 11 is 12.5. The molecule has 0 aliphatic rings. The van der Waals surface area contributed by atoms with E-state index in [-0.39, 0.29) is 30.8 Å². The fourth-order valence-electron chi connectivity index (χ4n) is 2.93. The third-order valence-electron chi connectivity index (χ3n) is 5.07. The van der Waals surface area contributed by atoms with Gasteiger partial charge in [0.1, 0.15) is 11.8 Å². The Hall–Kier alpha value is -2.24. The Bertz CT molecular complexity index is 851. The van der Waals surface area contributed by atoms with Crippen molar-refractivity contribution in [3.63, 3.8) is 0 Å². The molecule has 0 spiro atoms. The van der Waals surface area contributed by atoms with Crippen LogP contribution in [0.5, 0.6) is 5.75 Å². The van der Waals surface area contributed by atoms with Crippen molar-refractivity contribution in [1.29, 1.82) is 0 Å². The van der Waals surface area contributed by atoms with Crippen LogP contribution in [-0.4, -0.2) is 35.9 Å². The maximum Gasteiger partial charge on any atom is 0.242 e. The van der Waals surface area contributed by atoms with Gasteiger partial charge in [-0.15, -0.1) is 0 Å². The minimum atomic E-state index is -0.658. The largest absolute Gasteiger partial charge is 0.497 e. The quantitative estimate of drug-likeness (QED) is 0.592. The van der Waals surface area contributed by atoms with Gasteiger partial charge in [-0.05, 0) is 55.7 Å². The molecule has 0 bridgehead atoms. The topological polar surface area (TPSA) is 58.6 Å². The van der Waals surface area contributed by atoms with Gasteiger partial charge in [0.05, 0.1) is 13.5 Å². The van der Waals surface area contributed by atoms with Crippen molar-refractivity contribution >= 4 is 35.0 Å². The molecule has 0 radical (unpaired) electrons. The molecule has 2 aromatic carbocycles. The van der Waals surface area contributed by atoms with E-state index in [1.807, 2.05) is 38.1 Å². The third kappa shape index (κ3) is 6.38. The first kappa shape index (κ1) is 24.0. The molecule has 2 amide bonds. The van der Waals surface area contributed by atoms with Crippen molar-refractivity contribution in [2.24, 2.45) is 0 Å². The van der Waals surface area contributed by atoms with Crippen molar-refractivity contribution in [2.75, 3.05) is 7.11 Å². The zero-order chi connectivity index (χ0) is 22.3. The summed E-state index contributed by atoms with van der Waals surface area (Å²) < 4.78 is 5.19. The molecule has 2 atom stereocenters. The van der Waals surface area contributed by atoms with Crippen LogP contribution in [0.25, 0.3) is 0 Å². The zero-order valence-corrected chi connectivity index (χ0v) is 19.3. The molecule has 7 heteroatoms. The molecule has 0 fully saturated rings. The molecular weight excluding hydrogens is 423 g/mol. The summed E-state index contributed by atoms with van der Waals surface area (Å²) in [4.78, 5) is 27.6. The van der Waals surface area contributed by atoms with E-state index in [2.05, 4.69) is 5.32 Å². The van der Waals surface area contributed by atoms with E-state index in [9.17, 15) is 9.59 Å². The lowest BCUT2D eigenvalue weighted by molar-refractivity contribution is -0.140. The molecule has 0 saturated heterocycles. The van der Waals surface area contributed by atoms with Crippen LogP contribution in [-0.2, 0) is 22.6 Å². The summed E-state index contributed by atoms with van der Waals surface area (Å²) in [6, 6.07) is 11.9. The molecule has 5 nitrogen and oxygen atoms in total. The number of ether oxygens (including phenoxy) is 1. The first-order valence-electron chi connectivity index (χ1n) is 9.92. The number of benzene rings is 2. The molecular formula is C23H28Cl2N2O3. The maximum atomic E-state index is 13.2. The van der Waals surface area contributed by atoms with Crippen molar-refractivity contribution in [2.45, 2.75) is 52.2 Å². The molecule has 1 N–H and O–H groups in total. The molecule has 0 aliphatic carbocycles. The van der Waals surface area contributed by atoms with E-state index in [1.54, 1.807) is 37.1 Å². The monoisotopic (exact) mass is 450 g/mol. The number of halogens is 2. The summed E-state index contributed by atoms with van der Waals surface area (Å²) in [5.74, 6) is 0.297. The number of rotatable bonds is 9. The Labute approximate surface area is 188 Å². The van der Waals surface area contributed by atoms with Gasteiger partial charge in [-0.2, -0.15) is 0 Å².